The fraction of sp³-hybridized carbons (Fsp3) is 0.889. The minimum absolute atomic E-state index is 0.584. The summed E-state index contributed by atoms with van der Waals surface area (Å²) in [5, 5.41) is 0. The fourth-order valence-corrected chi connectivity index (χ4v) is 1.67. The molecule has 3 heteroatoms. The van der Waals surface area contributed by atoms with E-state index in [0.717, 1.165) is 19.0 Å². The zero-order valence-electron chi connectivity index (χ0n) is 8.34. The van der Waals surface area contributed by atoms with Gasteiger partial charge in [0.05, 0.1) is 4.99 Å². The van der Waals surface area contributed by atoms with Crippen molar-refractivity contribution in [2.75, 3.05) is 20.1 Å². The monoisotopic (exact) mass is 188 g/mol. The van der Waals surface area contributed by atoms with E-state index in [9.17, 15) is 0 Å². The van der Waals surface area contributed by atoms with Gasteiger partial charge in [-0.1, -0.05) is 32.5 Å². The number of nitrogens with zero attached hydrogens (tertiary/aromatic N) is 1. The average Bonchev–Trinajstić information content (AvgIpc) is 1.84. The first-order chi connectivity index (χ1) is 5.56. The topological polar surface area (TPSA) is 29.3 Å². The molecule has 1 atom stereocenters. The van der Waals surface area contributed by atoms with Crippen molar-refractivity contribution in [2.45, 2.75) is 26.7 Å². The van der Waals surface area contributed by atoms with Crippen molar-refractivity contribution in [3.8, 4) is 0 Å². The van der Waals surface area contributed by atoms with Crippen LogP contribution in [0.3, 0.4) is 0 Å². The first-order valence-corrected chi connectivity index (χ1v) is 4.94. The van der Waals surface area contributed by atoms with Crippen LogP contribution in [0.2, 0.25) is 0 Å². The van der Waals surface area contributed by atoms with Gasteiger partial charge in [0.1, 0.15) is 0 Å². The van der Waals surface area contributed by atoms with Gasteiger partial charge in [0.2, 0.25) is 0 Å². The van der Waals surface area contributed by atoms with Gasteiger partial charge in [-0.2, -0.15) is 0 Å². The Labute approximate surface area is 81.1 Å². The summed E-state index contributed by atoms with van der Waals surface area (Å²) >= 11 is 4.83. The van der Waals surface area contributed by atoms with E-state index in [1.165, 1.54) is 12.8 Å². The molecule has 2 nitrogen and oxygen atoms in total. The summed E-state index contributed by atoms with van der Waals surface area (Å²) in [6.07, 6.45) is 2.53. The lowest BCUT2D eigenvalue weighted by Crippen LogP contribution is -2.32. The molecule has 0 heterocycles. The van der Waals surface area contributed by atoms with Crippen molar-refractivity contribution < 1.29 is 0 Å². The van der Waals surface area contributed by atoms with Crippen LogP contribution in [-0.4, -0.2) is 30.0 Å². The van der Waals surface area contributed by atoms with E-state index < -0.39 is 0 Å². The second-order valence-corrected chi connectivity index (χ2v) is 4.08. The molecule has 0 saturated carbocycles. The predicted octanol–water partition coefficient (Wildman–Crippen LogP) is 1.64. The van der Waals surface area contributed by atoms with E-state index in [4.69, 9.17) is 18.0 Å². The molecule has 72 valence electrons. The number of thiocarbonyl (C=S) groups is 1. The van der Waals surface area contributed by atoms with Crippen LogP contribution in [0.25, 0.3) is 0 Å². The minimum Gasteiger partial charge on any atom is -0.392 e. The van der Waals surface area contributed by atoms with Crippen molar-refractivity contribution in [1.29, 1.82) is 0 Å². The van der Waals surface area contributed by atoms with Crippen molar-refractivity contribution in [3.05, 3.63) is 0 Å². The molecule has 0 amide bonds. The summed E-state index contributed by atoms with van der Waals surface area (Å²) in [6, 6.07) is 0. The van der Waals surface area contributed by atoms with Gasteiger partial charge < -0.3 is 5.73 Å². The van der Waals surface area contributed by atoms with E-state index in [1.807, 2.05) is 0 Å². The zero-order valence-corrected chi connectivity index (χ0v) is 9.16. The van der Waals surface area contributed by atoms with Gasteiger partial charge in [0, 0.05) is 13.1 Å². The van der Waals surface area contributed by atoms with E-state index in [1.54, 1.807) is 0 Å². The highest BCUT2D eigenvalue weighted by Crippen LogP contribution is 2.05. The lowest BCUT2D eigenvalue weighted by Gasteiger charge is -2.19. The van der Waals surface area contributed by atoms with Gasteiger partial charge in [-0.3, -0.25) is 4.90 Å². The molecule has 0 spiro atoms. The number of rotatable bonds is 6. The number of hydrogen-bond donors (Lipinski definition) is 1. The Morgan fingerprint density at radius 2 is 2.17 bits per heavy atom. The van der Waals surface area contributed by atoms with Crippen molar-refractivity contribution >= 4 is 17.2 Å². The van der Waals surface area contributed by atoms with Gasteiger partial charge >= 0.3 is 0 Å². The SMILES string of the molecule is CCCC(C)CN(C)CC(N)=S. The minimum atomic E-state index is 0.584. The molecule has 0 radical (unpaired) electrons. The molecule has 0 aromatic rings. The lowest BCUT2D eigenvalue weighted by molar-refractivity contribution is 0.309. The van der Waals surface area contributed by atoms with Gasteiger partial charge in [-0.15, -0.1) is 0 Å². The van der Waals surface area contributed by atoms with E-state index >= 15 is 0 Å². The molecular formula is C9H20N2S. The molecule has 1 unspecified atom stereocenters. The summed E-state index contributed by atoms with van der Waals surface area (Å²) < 4.78 is 0. The summed E-state index contributed by atoms with van der Waals surface area (Å²) in [6.45, 7) is 6.30. The first kappa shape index (κ1) is 11.8. The molecule has 0 fully saturated rings. The molecule has 0 aromatic carbocycles. The maximum atomic E-state index is 5.43. The normalized spacial score (nSPS) is 13.3. The molecule has 0 saturated heterocycles. The maximum Gasteiger partial charge on any atom is 0.0869 e. The smallest absolute Gasteiger partial charge is 0.0869 e. The van der Waals surface area contributed by atoms with Crippen LogP contribution in [0, 0.1) is 5.92 Å². The highest BCUT2D eigenvalue weighted by atomic mass is 32.1. The molecular weight excluding hydrogens is 168 g/mol. The predicted molar refractivity (Wildman–Crippen MR) is 58.4 cm³/mol. The first-order valence-electron chi connectivity index (χ1n) is 4.53. The van der Waals surface area contributed by atoms with Crippen molar-refractivity contribution in [2.24, 2.45) is 11.7 Å². The van der Waals surface area contributed by atoms with E-state index in [2.05, 4.69) is 25.8 Å². The third-order valence-electron chi connectivity index (χ3n) is 1.83. The number of nitrogens with two attached hydrogens (primary N) is 1. The highest BCUT2D eigenvalue weighted by Gasteiger charge is 2.05. The Balaban J connectivity index is 3.53. The van der Waals surface area contributed by atoms with Crippen LogP contribution in [0.1, 0.15) is 26.7 Å². The maximum absolute atomic E-state index is 5.43. The van der Waals surface area contributed by atoms with Gasteiger partial charge in [0.15, 0.2) is 0 Å². The Morgan fingerprint density at radius 3 is 2.58 bits per heavy atom. The molecule has 0 aliphatic carbocycles. The Bertz CT molecular complexity index is 136. The second kappa shape index (κ2) is 6.38. The standard InChI is InChI=1S/C9H20N2S/c1-4-5-8(2)6-11(3)7-9(10)12/h8H,4-7H2,1-3H3,(H2,10,12). The molecule has 0 bridgehead atoms. The van der Waals surface area contributed by atoms with E-state index in [0.29, 0.717) is 4.99 Å². The molecule has 2 N–H and O–H groups in total. The molecule has 0 rings (SSSR count). The van der Waals surface area contributed by atoms with E-state index in [-0.39, 0.29) is 0 Å². The molecule has 12 heavy (non-hydrogen) atoms. The average molecular weight is 188 g/mol. The summed E-state index contributed by atoms with van der Waals surface area (Å²) in [7, 11) is 2.06. The third-order valence-corrected chi connectivity index (χ3v) is 1.96. The fourth-order valence-electron chi connectivity index (χ4n) is 1.45. The van der Waals surface area contributed by atoms with Gasteiger partial charge in [-0.25, -0.2) is 0 Å². The highest BCUT2D eigenvalue weighted by molar-refractivity contribution is 7.80. The van der Waals surface area contributed by atoms with Crippen LogP contribution in [0.5, 0.6) is 0 Å². The Morgan fingerprint density at radius 1 is 1.58 bits per heavy atom. The zero-order chi connectivity index (χ0) is 9.56. The lowest BCUT2D eigenvalue weighted by atomic mass is 10.1. The Kier molecular flexibility index (Phi) is 6.30. The number of hydrogen-bond acceptors (Lipinski definition) is 2. The molecule has 0 aliphatic rings. The van der Waals surface area contributed by atoms with Crippen molar-refractivity contribution in [3.63, 3.8) is 0 Å². The van der Waals surface area contributed by atoms with Crippen LogP contribution < -0.4 is 5.73 Å². The van der Waals surface area contributed by atoms with Gasteiger partial charge in [0.25, 0.3) is 0 Å². The van der Waals surface area contributed by atoms with Crippen LogP contribution in [0.4, 0.5) is 0 Å². The quantitative estimate of drug-likeness (QED) is 0.643. The van der Waals surface area contributed by atoms with Crippen molar-refractivity contribution in [1.82, 2.24) is 4.90 Å². The molecule has 0 aliphatic heterocycles. The largest absolute Gasteiger partial charge is 0.392 e. The van der Waals surface area contributed by atoms with Gasteiger partial charge in [-0.05, 0) is 19.4 Å². The van der Waals surface area contributed by atoms with Crippen LogP contribution >= 0.6 is 12.2 Å². The third kappa shape index (κ3) is 6.55. The summed E-state index contributed by atoms with van der Waals surface area (Å²) in [5.41, 5.74) is 5.43. The second-order valence-electron chi connectivity index (χ2n) is 3.56. The summed E-state index contributed by atoms with van der Waals surface area (Å²) in [5.74, 6) is 0.745. The van der Waals surface area contributed by atoms with Crippen LogP contribution in [0.15, 0.2) is 0 Å². The summed E-state index contributed by atoms with van der Waals surface area (Å²) in [4.78, 5) is 2.77. The number of likely N-dealkylation sites (N-methyl/N-ethyl adjacent to an activating group) is 1. The van der Waals surface area contributed by atoms with Crippen LogP contribution in [-0.2, 0) is 0 Å². The molecule has 0 aromatic heterocycles. The Hall–Kier alpha value is -0.150.